The van der Waals surface area contributed by atoms with E-state index in [9.17, 15) is 0 Å². The Labute approximate surface area is 118 Å². The van der Waals surface area contributed by atoms with E-state index in [-0.39, 0.29) is 0 Å². The molecular weight excluding hydrogens is 230 g/mol. The minimum atomic E-state index is 0.554. The fourth-order valence-electron chi connectivity index (χ4n) is 3.28. The first kappa shape index (κ1) is 14.6. The molecule has 0 radical (unpaired) electrons. The maximum absolute atomic E-state index is 3.94. The summed E-state index contributed by atoms with van der Waals surface area (Å²) in [4.78, 5) is 0. The van der Waals surface area contributed by atoms with Gasteiger partial charge in [-0.05, 0) is 30.7 Å². The largest absolute Gasteiger partial charge is 0.307 e. The molecule has 0 aromatic heterocycles. The summed E-state index contributed by atoms with van der Waals surface area (Å²) in [6.07, 6.45) is 9.43. The van der Waals surface area contributed by atoms with Gasteiger partial charge < -0.3 is 5.32 Å². The summed E-state index contributed by atoms with van der Waals surface area (Å²) in [5, 5.41) is 3.94. The van der Waals surface area contributed by atoms with Crippen LogP contribution in [-0.4, -0.2) is 6.04 Å². The SMILES string of the molecule is CCCCCC(NC1CCCC1C)c1ccccc1. The Balaban J connectivity index is 1.97. The minimum absolute atomic E-state index is 0.554. The lowest BCUT2D eigenvalue weighted by atomic mass is 9.97. The topological polar surface area (TPSA) is 12.0 Å². The zero-order valence-corrected chi connectivity index (χ0v) is 12.6. The molecule has 1 aromatic carbocycles. The maximum atomic E-state index is 3.94. The van der Waals surface area contributed by atoms with E-state index in [1.807, 2.05) is 0 Å². The molecule has 1 heteroatoms. The lowest BCUT2D eigenvalue weighted by Gasteiger charge is -2.26. The molecular formula is C18H29N. The van der Waals surface area contributed by atoms with Gasteiger partial charge in [-0.3, -0.25) is 0 Å². The van der Waals surface area contributed by atoms with Gasteiger partial charge in [0.1, 0.15) is 0 Å². The predicted octanol–water partition coefficient (Wildman–Crippen LogP) is 5.09. The van der Waals surface area contributed by atoms with Crippen LogP contribution in [0.5, 0.6) is 0 Å². The average molecular weight is 259 g/mol. The highest BCUT2D eigenvalue weighted by Gasteiger charge is 2.25. The van der Waals surface area contributed by atoms with E-state index >= 15 is 0 Å². The molecule has 2 rings (SSSR count). The van der Waals surface area contributed by atoms with Crippen LogP contribution in [0.25, 0.3) is 0 Å². The molecule has 1 aliphatic rings. The van der Waals surface area contributed by atoms with Crippen molar-refractivity contribution in [1.29, 1.82) is 0 Å². The van der Waals surface area contributed by atoms with Gasteiger partial charge in [0, 0.05) is 12.1 Å². The summed E-state index contributed by atoms with van der Waals surface area (Å²) in [6.45, 7) is 4.68. The number of hydrogen-bond donors (Lipinski definition) is 1. The number of benzene rings is 1. The molecule has 3 unspecified atom stereocenters. The lowest BCUT2D eigenvalue weighted by Crippen LogP contribution is -2.34. The minimum Gasteiger partial charge on any atom is -0.307 e. The number of rotatable bonds is 7. The molecule has 1 nitrogen and oxygen atoms in total. The Hall–Kier alpha value is -0.820. The molecule has 1 aromatic rings. The van der Waals surface area contributed by atoms with Crippen LogP contribution >= 0.6 is 0 Å². The number of nitrogens with one attached hydrogen (secondary N) is 1. The standard InChI is InChI=1S/C18H29N/c1-3-4-6-13-18(16-11-7-5-8-12-16)19-17-14-9-10-15(17)2/h5,7-8,11-12,15,17-19H,3-4,6,9-10,13-14H2,1-2H3. The molecule has 0 heterocycles. The van der Waals surface area contributed by atoms with Gasteiger partial charge in [-0.2, -0.15) is 0 Å². The smallest absolute Gasteiger partial charge is 0.0322 e. The molecule has 0 saturated heterocycles. The van der Waals surface area contributed by atoms with Crippen molar-refractivity contribution in [3.05, 3.63) is 35.9 Å². The molecule has 0 amide bonds. The van der Waals surface area contributed by atoms with Crippen LogP contribution < -0.4 is 5.32 Å². The van der Waals surface area contributed by atoms with Crippen LogP contribution in [0.1, 0.15) is 70.4 Å². The van der Waals surface area contributed by atoms with Crippen LogP contribution in [0.15, 0.2) is 30.3 Å². The van der Waals surface area contributed by atoms with E-state index in [4.69, 9.17) is 0 Å². The summed E-state index contributed by atoms with van der Waals surface area (Å²) in [5.41, 5.74) is 1.47. The Kier molecular flexibility index (Phi) is 5.91. The highest BCUT2D eigenvalue weighted by Crippen LogP contribution is 2.29. The van der Waals surface area contributed by atoms with Crippen LogP contribution in [0, 0.1) is 5.92 Å². The van der Waals surface area contributed by atoms with Gasteiger partial charge in [0.05, 0.1) is 0 Å². The fraction of sp³-hybridized carbons (Fsp3) is 0.667. The summed E-state index contributed by atoms with van der Waals surface area (Å²) in [7, 11) is 0. The van der Waals surface area contributed by atoms with Crippen molar-refractivity contribution in [2.45, 2.75) is 70.9 Å². The van der Waals surface area contributed by atoms with E-state index < -0.39 is 0 Å². The first-order valence-electron chi connectivity index (χ1n) is 8.12. The van der Waals surface area contributed by atoms with Crippen molar-refractivity contribution in [2.75, 3.05) is 0 Å². The van der Waals surface area contributed by atoms with Crippen molar-refractivity contribution in [3.63, 3.8) is 0 Å². The van der Waals surface area contributed by atoms with E-state index in [1.165, 1.54) is 50.5 Å². The van der Waals surface area contributed by atoms with Gasteiger partial charge in [-0.15, -0.1) is 0 Å². The second kappa shape index (κ2) is 7.69. The first-order valence-corrected chi connectivity index (χ1v) is 8.12. The third kappa shape index (κ3) is 4.35. The van der Waals surface area contributed by atoms with Gasteiger partial charge in [0.15, 0.2) is 0 Å². The monoisotopic (exact) mass is 259 g/mol. The van der Waals surface area contributed by atoms with Gasteiger partial charge in [-0.1, -0.05) is 69.9 Å². The van der Waals surface area contributed by atoms with Gasteiger partial charge in [0.25, 0.3) is 0 Å². The van der Waals surface area contributed by atoms with Crippen LogP contribution in [-0.2, 0) is 0 Å². The van der Waals surface area contributed by atoms with Gasteiger partial charge in [0.2, 0.25) is 0 Å². The quantitative estimate of drug-likeness (QED) is 0.673. The predicted molar refractivity (Wildman–Crippen MR) is 83.3 cm³/mol. The normalized spacial score (nSPS) is 24.5. The fourth-order valence-corrected chi connectivity index (χ4v) is 3.28. The molecule has 1 N–H and O–H groups in total. The molecule has 106 valence electrons. The molecule has 19 heavy (non-hydrogen) atoms. The molecule has 0 bridgehead atoms. The highest BCUT2D eigenvalue weighted by atomic mass is 15.0. The molecule has 3 atom stereocenters. The Morgan fingerprint density at radius 2 is 1.95 bits per heavy atom. The van der Waals surface area contributed by atoms with E-state index in [0.29, 0.717) is 6.04 Å². The summed E-state index contributed by atoms with van der Waals surface area (Å²) in [5.74, 6) is 0.845. The molecule has 0 spiro atoms. The first-order chi connectivity index (χ1) is 9.31. The summed E-state index contributed by atoms with van der Waals surface area (Å²) in [6, 6.07) is 12.3. The number of hydrogen-bond acceptors (Lipinski definition) is 1. The summed E-state index contributed by atoms with van der Waals surface area (Å²) < 4.78 is 0. The molecule has 1 saturated carbocycles. The molecule has 0 aliphatic heterocycles. The second-order valence-corrected chi connectivity index (χ2v) is 6.14. The van der Waals surface area contributed by atoms with Crippen molar-refractivity contribution >= 4 is 0 Å². The number of unbranched alkanes of at least 4 members (excludes halogenated alkanes) is 2. The van der Waals surface area contributed by atoms with Crippen molar-refractivity contribution in [3.8, 4) is 0 Å². The Morgan fingerprint density at radius 1 is 1.16 bits per heavy atom. The Bertz CT molecular complexity index is 346. The van der Waals surface area contributed by atoms with Crippen LogP contribution in [0.4, 0.5) is 0 Å². The van der Waals surface area contributed by atoms with E-state index in [2.05, 4.69) is 49.5 Å². The third-order valence-electron chi connectivity index (χ3n) is 4.58. The van der Waals surface area contributed by atoms with Crippen LogP contribution in [0.2, 0.25) is 0 Å². The van der Waals surface area contributed by atoms with E-state index in [0.717, 1.165) is 12.0 Å². The third-order valence-corrected chi connectivity index (χ3v) is 4.58. The molecule has 1 fully saturated rings. The van der Waals surface area contributed by atoms with E-state index in [1.54, 1.807) is 0 Å². The van der Waals surface area contributed by atoms with Crippen LogP contribution in [0.3, 0.4) is 0 Å². The van der Waals surface area contributed by atoms with Gasteiger partial charge >= 0.3 is 0 Å². The molecule has 1 aliphatic carbocycles. The second-order valence-electron chi connectivity index (χ2n) is 6.14. The Morgan fingerprint density at radius 3 is 2.58 bits per heavy atom. The zero-order chi connectivity index (χ0) is 13.5. The lowest BCUT2D eigenvalue weighted by molar-refractivity contribution is 0.357. The average Bonchev–Trinajstić information content (AvgIpc) is 2.84. The zero-order valence-electron chi connectivity index (χ0n) is 12.6. The van der Waals surface area contributed by atoms with Crippen molar-refractivity contribution in [1.82, 2.24) is 5.32 Å². The van der Waals surface area contributed by atoms with Crippen molar-refractivity contribution < 1.29 is 0 Å². The van der Waals surface area contributed by atoms with Gasteiger partial charge in [-0.25, -0.2) is 0 Å². The maximum Gasteiger partial charge on any atom is 0.0322 e. The van der Waals surface area contributed by atoms with Crippen molar-refractivity contribution in [2.24, 2.45) is 5.92 Å². The highest BCUT2D eigenvalue weighted by molar-refractivity contribution is 5.19. The summed E-state index contributed by atoms with van der Waals surface area (Å²) >= 11 is 0.